The molecule has 18 heavy (non-hydrogen) atoms. The predicted octanol–water partition coefficient (Wildman–Crippen LogP) is 3.85. The highest BCUT2D eigenvalue weighted by molar-refractivity contribution is 5.66. The molecule has 0 radical (unpaired) electrons. The van der Waals surface area contributed by atoms with Gasteiger partial charge in [0, 0.05) is 12.1 Å². The highest BCUT2D eigenvalue weighted by atomic mass is 19.1. The molecule has 0 fully saturated rings. The van der Waals surface area contributed by atoms with Gasteiger partial charge in [-0.3, -0.25) is 10.1 Å². The van der Waals surface area contributed by atoms with Gasteiger partial charge in [0.05, 0.1) is 10.5 Å². The molecule has 0 unspecified atom stereocenters. The van der Waals surface area contributed by atoms with Crippen molar-refractivity contribution in [3.05, 3.63) is 63.7 Å². The van der Waals surface area contributed by atoms with E-state index in [2.05, 4.69) is 0 Å². The smallest absolute Gasteiger partial charge is 0.258 e. The fraction of sp³-hybridized carbons (Fsp3) is 0.0769. The highest BCUT2D eigenvalue weighted by Gasteiger charge is 2.13. The van der Waals surface area contributed by atoms with E-state index in [0.717, 1.165) is 0 Å². The van der Waals surface area contributed by atoms with Gasteiger partial charge in [0.15, 0.2) is 0 Å². The minimum atomic E-state index is -0.679. The lowest BCUT2D eigenvalue weighted by Gasteiger charge is -2.06. The molecule has 0 heterocycles. The van der Waals surface area contributed by atoms with Gasteiger partial charge in [-0.2, -0.15) is 0 Å². The second kappa shape index (κ2) is 4.52. The number of non-ortho nitro benzene ring substituents is 1. The zero-order chi connectivity index (χ0) is 13.3. The van der Waals surface area contributed by atoms with Crippen LogP contribution >= 0.6 is 0 Å². The van der Waals surface area contributed by atoms with Crippen LogP contribution in [0.2, 0.25) is 0 Å². The summed E-state index contributed by atoms with van der Waals surface area (Å²) in [6.07, 6.45) is 0. The number of hydrogen-bond donors (Lipinski definition) is 0. The Morgan fingerprint density at radius 1 is 1.06 bits per heavy atom. The number of halogens is 2. The van der Waals surface area contributed by atoms with E-state index < -0.39 is 16.6 Å². The van der Waals surface area contributed by atoms with Crippen LogP contribution in [0, 0.1) is 28.7 Å². The van der Waals surface area contributed by atoms with E-state index in [1.807, 2.05) is 0 Å². The van der Waals surface area contributed by atoms with Crippen LogP contribution in [0.3, 0.4) is 0 Å². The van der Waals surface area contributed by atoms with E-state index in [1.54, 1.807) is 6.92 Å². The number of nitro benzene ring substituents is 1. The molecular formula is C13H9F2NO2. The number of nitro groups is 1. The molecule has 0 saturated heterocycles. The summed E-state index contributed by atoms with van der Waals surface area (Å²) in [5.41, 5.74) is 0.466. The molecular weight excluding hydrogens is 240 g/mol. The molecule has 0 spiro atoms. The summed E-state index contributed by atoms with van der Waals surface area (Å²) in [6.45, 7) is 1.59. The lowest BCUT2D eigenvalue weighted by Crippen LogP contribution is -1.93. The molecule has 0 aliphatic carbocycles. The molecule has 0 N–H and O–H groups in total. The zero-order valence-corrected chi connectivity index (χ0v) is 9.48. The van der Waals surface area contributed by atoms with Crippen molar-refractivity contribution in [3.63, 3.8) is 0 Å². The number of hydrogen-bond acceptors (Lipinski definition) is 2. The Kier molecular flexibility index (Phi) is 3.06. The van der Waals surface area contributed by atoms with Crippen LogP contribution in [0.5, 0.6) is 0 Å². The third-order valence-corrected chi connectivity index (χ3v) is 2.55. The van der Waals surface area contributed by atoms with Crippen LogP contribution in [0.4, 0.5) is 14.5 Å². The second-order valence-corrected chi connectivity index (χ2v) is 3.91. The molecule has 2 rings (SSSR count). The van der Waals surface area contributed by atoms with Crippen molar-refractivity contribution in [2.75, 3.05) is 0 Å². The molecule has 0 aliphatic heterocycles. The molecule has 0 saturated carbocycles. The SMILES string of the molecule is Cc1cc(F)c(-c2ccc([N+](=O)[O-])cc2)c(F)c1. The monoisotopic (exact) mass is 249 g/mol. The van der Waals surface area contributed by atoms with E-state index in [-0.39, 0.29) is 16.8 Å². The minimum Gasteiger partial charge on any atom is -0.258 e. The van der Waals surface area contributed by atoms with Crippen LogP contribution in [-0.4, -0.2) is 4.92 Å². The number of aryl methyl sites for hydroxylation is 1. The van der Waals surface area contributed by atoms with Crippen molar-refractivity contribution in [2.24, 2.45) is 0 Å². The third-order valence-electron chi connectivity index (χ3n) is 2.55. The Morgan fingerprint density at radius 2 is 1.56 bits per heavy atom. The quantitative estimate of drug-likeness (QED) is 0.599. The largest absolute Gasteiger partial charge is 0.269 e. The summed E-state index contributed by atoms with van der Waals surface area (Å²) in [7, 11) is 0. The highest BCUT2D eigenvalue weighted by Crippen LogP contribution is 2.28. The fourth-order valence-corrected chi connectivity index (χ4v) is 1.73. The van der Waals surface area contributed by atoms with Crippen LogP contribution < -0.4 is 0 Å². The summed E-state index contributed by atoms with van der Waals surface area (Å²) in [5.74, 6) is -1.36. The van der Waals surface area contributed by atoms with Crippen molar-refractivity contribution >= 4 is 5.69 Å². The Bertz CT molecular complexity index is 586. The summed E-state index contributed by atoms with van der Waals surface area (Å²) in [5, 5.41) is 10.5. The maximum Gasteiger partial charge on any atom is 0.269 e. The van der Waals surface area contributed by atoms with Crippen LogP contribution in [0.25, 0.3) is 11.1 Å². The first kappa shape index (κ1) is 12.2. The number of nitrogens with zero attached hydrogens (tertiary/aromatic N) is 1. The van der Waals surface area contributed by atoms with Crippen molar-refractivity contribution in [2.45, 2.75) is 6.92 Å². The average Bonchev–Trinajstić information content (AvgIpc) is 2.28. The maximum absolute atomic E-state index is 13.7. The van der Waals surface area contributed by atoms with Gasteiger partial charge in [0.1, 0.15) is 11.6 Å². The van der Waals surface area contributed by atoms with E-state index >= 15 is 0 Å². The van der Waals surface area contributed by atoms with Crippen molar-refractivity contribution in [1.29, 1.82) is 0 Å². The van der Waals surface area contributed by atoms with E-state index in [4.69, 9.17) is 0 Å². The molecule has 0 atom stereocenters. The molecule has 0 bridgehead atoms. The number of rotatable bonds is 2. The lowest BCUT2D eigenvalue weighted by molar-refractivity contribution is -0.384. The normalized spacial score (nSPS) is 10.4. The van der Waals surface area contributed by atoms with E-state index in [0.29, 0.717) is 5.56 Å². The van der Waals surface area contributed by atoms with Gasteiger partial charge in [-0.1, -0.05) is 0 Å². The lowest BCUT2D eigenvalue weighted by atomic mass is 10.0. The van der Waals surface area contributed by atoms with Gasteiger partial charge in [0.2, 0.25) is 0 Å². The molecule has 2 aromatic carbocycles. The van der Waals surface area contributed by atoms with Gasteiger partial charge in [-0.15, -0.1) is 0 Å². The second-order valence-electron chi connectivity index (χ2n) is 3.91. The summed E-state index contributed by atoms with van der Waals surface area (Å²) >= 11 is 0. The molecule has 3 nitrogen and oxygen atoms in total. The average molecular weight is 249 g/mol. The Morgan fingerprint density at radius 3 is 2.00 bits per heavy atom. The Hall–Kier alpha value is -2.30. The van der Waals surface area contributed by atoms with Gasteiger partial charge in [-0.25, -0.2) is 8.78 Å². The van der Waals surface area contributed by atoms with E-state index in [9.17, 15) is 18.9 Å². The van der Waals surface area contributed by atoms with Gasteiger partial charge in [0.25, 0.3) is 5.69 Å². The fourth-order valence-electron chi connectivity index (χ4n) is 1.73. The van der Waals surface area contributed by atoms with Crippen LogP contribution in [0.1, 0.15) is 5.56 Å². The Balaban J connectivity index is 2.52. The first-order chi connectivity index (χ1) is 8.49. The first-order valence-electron chi connectivity index (χ1n) is 5.19. The topological polar surface area (TPSA) is 43.1 Å². The predicted molar refractivity (Wildman–Crippen MR) is 63.2 cm³/mol. The first-order valence-corrected chi connectivity index (χ1v) is 5.19. The van der Waals surface area contributed by atoms with Crippen molar-refractivity contribution in [1.82, 2.24) is 0 Å². The molecule has 2 aromatic rings. The summed E-state index contributed by atoms with van der Waals surface area (Å²) < 4.78 is 27.4. The van der Waals surface area contributed by atoms with Gasteiger partial charge in [-0.05, 0) is 42.3 Å². The Labute approximate surface area is 102 Å². The van der Waals surface area contributed by atoms with Gasteiger partial charge < -0.3 is 0 Å². The van der Waals surface area contributed by atoms with E-state index in [1.165, 1.54) is 36.4 Å². The molecule has 92 valence electrons. The third kappa shape index (κ3) is 2.20. The van der Waals surface area contributed by atoms with Crippen LogP contribution in [0.15, 0.2) is 36.4 Å². The molecule has 0 amide bonds. The molecule has 0 aliphatic rings. The zero-order valence-electron chi connectivity index (χ0n) is 9.48. The van der Waals surface area contributed by atoms with Gasteiger partial charge >= 0.3 is 0 Å². The summed E-state index contributed by atoms with van der Waals surface area (Å²) in [4.78, 5) is 9.92. The van der Waals surface area contributed by atoms with Crippen LogP contribution in [-0.2, 0) is 0 Å². The maximum atomic E-state index is 13.7. The summed E-state index contributed by atoms with van der Waals surface area (Å²) in [6, 6.07) is 7.53. The van der Waals surface area contributed by atoms with Crippen molar-refractivity contribution < 1.29 is 13.7 Å². The number of benzene rings is 2. The minimum absolute atomic E-state index is 0.119. The molecule has 5 heteroatoms. The molecule has 0 aromatic heterocycles. The van der Waals surface area contributed by atoms with Crippen molar-refractivity contribution in [3.8, 4) is 11.1 Å². The standard InChI is InChI=1S/C13H9F2NO2/c1-8-6-11(14)13(12(15)7-8)9-2-4-10(5-3-9)16(17)18/h2-7H,1H3.